The summed E-state index contributed by atoms with van der Waals surface area (Å²) in [6, 6.07) is -1.29. The summed E-state index contributed by atoms with van der Waals surface area (Å²) >= 11 is 0. The number of nitrogens with two attached hydrogens (primary N) is 2. The minimum absolute atomic E-state index is 0. The molecule has 0 saturated carbocycles. The van der Waals surface area contributed by atoms with Gasteiger partial charge in [-0.05, 0) is 6.42 Å². The Bertz CT molecular complexity index is 239. The molecular weight excluding hydrogens is 201 g/mol. The summed E-state index contributed by atoms with van der Waals surface area (Å²) < 4.78 is 0. The first-order valence-electron chi connectivity index (χ1n) is 3.45. The summed E-state index contributed by atoms with van der Waals surface area (Å²) in [6.07, 6.45) is -0.509. The van der Waals surface area contributed by atoms with Gasteiger partial charge in [0.25, 0.3) is 0 Å². The number of hydrogen-bond donors (Lipinski definition) is 3. The van der Waals surface area contributed by atoms with Crippen molar-refractivity contribution >= 4 is 17.9 Å². The zero-order valence-corrected chi connectivity index (χ0v) is 9.77. The van der Waals surface area contributed by atoms with Crippen LogP contribution in [0.3, 0.4) is 0 Å². The van der Waals surface area contributed by atoms with Crippen molar-refractivity contribution in [3.63, 3.8) is 0 Å². The molecule has 0 aliphatic rings. The maximum absolute atomic E-state index is 10.3. The molecule has 74 valence electrons. The standard InChI is InChI=1S/C6H11N3O4.Na/c7-6(8)9-3(5(12)13)1-2-4(10)11;/h3H,1-2H2,(H,10,11)(H,12,13)(H4,7,8,9);/q;+1/p-1/t3-;/m1./s1. The molecule has 0 heterocycles. The first-order chi connectivity index (χ1) is 5.93. The van der Waals surface area contributed by atoms with Gasteiger partial charge in [-0.2, -0.15) is 0 Å². The molecule has 0 bridgehead atoms. The average molecular weight is 211 g/mol. The SMILES string of the molecule is NC(N)=N[C@H](CCC(=O)O)C(=O)[O-].[Na+]. The first kappa shape index (κ1) is 15.7. The third-order valence-corrected chi connectivity index (χ3v) is 1.21. The molecular formula is C6H10N3NaO4. The second-order valence-electron chi connectivity index (χ2n) is 2.32. The number of aliphatic imine (C=N–C) groups is 1. The van der Waals surface area contributed by atoms with Gasteiger partial charge in [-0.15, -0.1) is 0 Å². The topological polar surface area (TPSA) is 142 Å². The monoisotopic (exact) mass is 211 g/mol. The van der Waals surface area contributed by atoms with Gasteiger partial charge in [-0.1, -0.05) is 0 Å². The Hall–Kier alpha value is -0.790. The predicted octanol–water partition coefficient (Wildman–Crippen LogP) is -5.75. The van der Waals surface area contributed by atoms with Crippen LogP contribution < -0.4 is 46.1 Å². The average Bonchev–Trinajstić information content (AvgIpc) is 1.96. The van der Waals surface area contributed by atoms with Gasteiger partial charge in [0.1, 0.15) is 0 Å². The molecule has 0 fully saturated rings. The zero-order chi connectivity index (χ0) is 10.4. The quantitative estimate of drug-likeness (QED) is 0.235. The van der Waals surface area contributed by atoms with Crippen molar-refractivity contribution in [3.8, 4) is 0 Å². The maximum atomic E-state index is 10.3. The predicted molar refractivity (Wildman–Crippen MR) is 41.5 cm³/mol. The largest absolute Gasteiger partial charge is 1.00 e. The van der Waals surface area contributed by atoms with Crippen molar-refractivity contribution in [1.82, 2.24) is 0 Å². The van der Waals surface area contributed by atoms with Crippen LogP contribution >= 0.6 is 0 Å². The van der Waals surface area contributed by atoms with E-state index in [1.807, 2.05) is 0 Å². The van der Waals surface area contributed by atoms with Crippen LogP contribution in [0.2, 0.25) is 0 Å². The van der Waals surface area contributed by atoms with Crippen LogP contribution in [0.1, 0.15) is 12.8 Å². The number of aliphatic carboxylic acids is 2. The van der Waals surface area contributed by atoms with E-state index in [4.69, 9.17) is 16.6 Å². The van der Waals surface area contributed by atoms with E-state index >= 15 is 0 Å². The maximum Gasteiger partial charge on any atom is 1.00 e. The van der Waals surface area contributed by atoms with Crippen LogP contribution in [0.5, 0.6) is 0 Å². The van der Waals surface area contributed by atoms with Gasteiger partial charge in [-0.25, -0.2) is 4.99 Å². The van der Waals surface area contributed by atoms with E-state index in [2.05, 4.69) is 4.99 Å². The molecule has 0 aromatic heterocycles. The second-order valence-corrected chi connectivity index (χ2v) is 2.32. The molecule has 0 aliphatic heterocycles. The van der Waals surface area contributed by atoms with E-state index in [9.17, 15) is 14.7 Å². The number of guanidine groups is 1. The number of carbonyl (C=O) groups is 2. The molecule has 0 aromatic carbocycles. The smallest absolute Gasteiger partial charge is 0.548 e. The number of rotatable bonds is 5. The van der Waals surface area contributed by atoms with E-state index in [1.165, 1.54) is 0 Å². The van der Waals surface area contributed by atoms with E-state index in [1.54, 1.807) is 0 Å². The Kier molecular flexibility index (Phi) is 8.51. The summed E-state index contributed by atoms with van der Waals surface area (Å²) in [7, 11) is 0. The number of carboxylic acid groups (broad SMARTS) is 2. The minimum Gasteiger partial charge on any atom is -0.548 e. The molecule has 0 aromatic rings. The Balaban J connectivity index is 0. The van der Waals surface area contributed by atoms with Gasteiger partial charge >= 0.3 is 35.5 Å². The van der Waals surface area contributed by atoms with Crippen molar-refractivity contribution in [2.75, 3.05) is 0 Å². The molecule has 0 radical (unpaired) electrons. The molecule has 7 nitrogen and oxygen atoms in total. The fraction of sp³-hybridized carbons (Fsp3) is 0.500. The van der Waals surface area contributed by atoms with Crippen molar-refractivity contribution in [3.05, 3.63) is 0 Å². The van der Waals surface area contributed by atoms with Crippen molar-refractivity contribution in [2.45, 2.75) is 18.9 Å². The van der Waals surface area contributed by atoms with E-state index in [-0.39, 0.29) is 42.4 Å². The van der Waals surface area contributed by atoms with Crippen LogP contribution in [0.25, 0.3) is 0 Å². The molecule has 5 N–H and O–H groups in total. The molecule has 0 aliphatic carbocycles. The summed E-state index contributed by atoms with van der Waals surface area (Å²) in [6.45, 7) is 0. The molecule has 0 amide bonds. The Morgan fingerprint density at radius 2 is 1.93 bits per heavy atom. The Labute approximate surface area is 102 Å². The molecule has 1 atom stereocenters. The number of hydrogen-bond acceptors (Lipinski definition) is 4. The third kappa shape index (κ3) is 7.84. The van der Waals surface area contributed by atoms with E-state index in [0.717, 1.165) is 0 Å². The van der Waals surface area contributed by atoms with Crippen molar-refractivity contribution < 1.29 is 49.4 Å². The van der Waals surface area contributed by atoms with Gasteiger partial charge in [-0.3, -0.25) is 4.79 Å². The van der Waals surface area contributed by atoms with Gasteiger partial charge < -0.3 is 26.5 Å². The number of carbonyl (C=O) groups excluding carboxylic acids is 1. The number of carboxylic acids is 2. The Morgan fingerprint density at radius 3 is 2.21 bits per heavy atom. The summed E-state index contributed by atoms with van der Waals surface area (Å²) in [5, 5.41) is 18.6. The van der Waals surface area contributed by atoms with Crippen LogP contribution in [0, 0.1) is 0 Å². The van der Waals surface area contributed by atoms with E-state index < -0.39 is 23.9 Å². The Morgan fingerprint density at radius 1 is 1.43 bits per heavy atom. The van der Waals surface area contributed by atoms with Crippen LogP contribution in [-0.4, -0.2) is 29.0 Å². The molecule has 0 saturated heterocycles. The number of nitrogens with zero attached hydrogens (tertiary/aromatic N) is 1. The van der Waals surface area contributed by atoms with Crippen molar-refractivity contribution in [1.29, 1.82) is 0 Å². The van der Waals surface area contributed by atoms with Crippen LogP contribution in [-0.2, 0) is 9.59 Å². The molecule has 14 heavy (non-hydrogen) atoms. The van der Waals surface area contributed by atoms with Gasteiger partial charge in [0, 0.05) is 6.42 Å². The summed E-state index contributed by atoms with van der Waals surface area (Å²) in [4.78, 5) is 23.7. The minimum atomic E-state index is -1.49. The normalized spacial score (nSPS) is 10.9. The first-order valence-corrected chi connectivity index (χ1v) is 3.45. The molecule has 0 unspecified atom stereocenters. The summed E-state index contributed by atoms with van der Waals surface area (Å²) in [5.41, 5.74) is 9.85. The van der Waals surface area contributed by atoms with Crippen LogP contribution in [0.4, 0.5) is 0 Å². The molecule has 8 heteroatoms. The summed E-state index contributed by atoms with van der Waals surface area (Å²) in [5.74, 6) is -3.01. The van der Waals surface area contributed by atoms with Gasteiger partial charge in [0.05, 0.1) is 12.0 Å². The van der Waals surface area contributed by atoms with Gasteiger partial charge in [0.15, 0.2) is 5.96 Å². The second kappa shape index (κ2) is 7.60. The third-order valence-electron chi connectivity index (χ3n) is 1.21. The molecule has 0 spiro atoms. The fourth-order valence-electron chi connectivity index (χ4n) is 0.675. The van der Waals surface area contributed by atoms with Gasteiger partial charge in [0.2, 0.25) is 0 Å². The van der Waals surface area contributed by atoms with Crippen molar-refractivity contribution in [2.24, 2.45) is 16.5 Å². The molecule has 0 rings (SSSR count). The zero-order valence-electron chi connectivity index (χ0n) is 7.77. The van der Waals surface area contributed by atoms with E-state index in [0.29, 0.717) is 0 Å². The van der Waals surface area contributed by atoms with Crippen LogP contribution in [0.15, 0.2) is 4.99 Å². The fourth-order valence-corrected chi connectivity index (χ4v) is 0.675.